The number of hydrogen-bond acceptors (Lipinski definition) is 3. The number of carbonyl (C=O) groups excluding carboxylic acids is 2. The number of likely N-dealkylation sites (N-methyl/N-ethyl adjacent to an activating group) is 1. The van der Waals surface area contributed by atoms with Crippen molar-refractivity contribution >= 4 is 40.4 Å². The van der Waals surface area contributed by atoms with Gasteiger partial charge in [-0.3, -0.25) is 9.59 Å². The molecule has 0 bridgehead atoms. The van der Waals surface area contributed by atoms with Crippen LogP contribution in [0.4, 0.5) is 0 Å². The van der Waals surface area contributed by atoms with Gasteiger partial charge >= 0.3 is 0 Å². The Hall–Kier alpha value is -2.15. The SMILES string of the molecule is CCNC(=O)COc1ccc(/C=C/C(=O)c2ccc(I)cc2)cc1. The van der Waals surface area contributed by atoms with Crippen LogP contribution >= 0.6 is 22.6 Å². The molecule has 0 saturated carbocycles. The van der Waals surface area contributed by atoms with Crippen LogP contribution in [0.5, 0.6) is 5.75 Å². The standard InChI is InChI=1S/C19H18INO3/c1-2-21-19(23)13-24-17-10-3-14(4-11-17)5-12-18(22)15-6-8-16(20)9-7-15/h3-12H,2,13H2,1H3,(H,21,23)/b12-5+. The molecular formula is C19H18INO3. The van der Waals surface area contributed by atoms with Gasteiger partial charge in [-0.25, -0.2) is 0 Å². The van der Waals surface area contributed by atoms with Crippen molar-refractivity contribution in [2.45, 2.75) is 6.92 Å². The minimum atomic E-state index is -0.149. The lowest BCUT2D eigenvalue weighted by Gasteiger charge is -2.06. The molecule has 5 heteroatoms. The number of allylic oxidation sites excluding steroid dienone is 1. The monoisotopic (exact) mass is 435 g/mol. The maximum atomic E-state index is 12.1. The summed E-state index contributed by atoms with van der Waals surface area (Å²) in [5.74, 6) is 0.426. The van der Waals surface area contributed by atoms with Gasteiger partial charge in [0.1, 0.15) is 5.75 Å². The highest BCUT2D eigenvalue weighted by molar-refractivity contribution is 14.1. The maximum Gasteiger partial charge on any atom is 0.257 e. The highest BCUT2D eigenvalue weighted by Crippen LogP contribution is 2.14. The number of nitrogens with one attached hydrogen (secondary N) is 1. The van der Waals surface area contributed by atoms with E-state index < -0.39 is 0 Å². The van der Waals surface area contributed by atoms with Crippen LogP contribution in [0.2, 0.25) is 0 Å². The fraction of sp³-hybridized carbons (Fsp3) is 0.158. The summed E-state index contributed by atoms with van der Waals surface area (Å²) in [6.07, 6.45) is 3.31. The van der Waals surface area contributed by atoms with E-state index >= 15 is 0 Å². The highest BCUT2D eigenvalue weighted by Gasteiger charge is 2.02. The van der Waals surface area contributed by atoms with Crippen molar-refractivity contribution in [3.63, 3.8) is 0 Å². The number of halogens is 1. The normalized spacial score (nSPS) is 10.6. The lowest BCUT2D eigenvalue weighted by atomic mass is 10.1. The molecule has 1 N–H and O–H groups in total. The Morgan fingerprint density at radius 1 is 1.08 bits per heavy atom. The van der Waals surface area contributed by atoms with Crippen LogP contribution in [0.15, 0.2) is 54.6 Å². The largest absolute Gasteiger partial charge is 0.484 e. The second-order valence-corrected chi connectivity index (χ2v) is 6.26. The first-order valence-corrected chi connectivity index (χ1v) is 8.64. The Morgan fingerprint density at radius 3 is 2.38 bits per heavy atom. The van der Waals surface area contributed by atoms with Crippen molar-refractivity contribution < 1.29 is 14.3 Å². The van der Waals surface area contributed by atoms with Gasteiger partial charge in [0, 0.05) is 15.7 Å². The van der Waals surface area contributed by atoms with Gasteiger partial charge in [-0.2, -0.15) is 0 Å². The van der Waals surface area contributed by atoms with E-state index in [1.807, 2.05) is 43.3 Å². The predicted molar refractivity (Wildman–Crippen MR) is 103 cm³/mol. The lowest BCUT2D eigenvalue weighted by Crippen LogP contribution is -2.28. The fourth-order valence-corrected chi connectivity index (χ4v) is 2.31. The molecule has 2 rings (SSSR count). The van der Waals surface area contributed by atoms with Crippen molar-refractivity contribution in [3.8, 4) is 5.75 Å². The number of ketones is 1. The molecule has 124 valence electrons. The average Bonchev–Trinajstić information content (AvgIpc) is 2.59. The summed E-state index contributed by atoms with van der Waals surface area (Å²) >= 11 is 2.20. The molecule has 1 amide bonds. The molecule has 0 aliphatic heterocycles. The fourth-order valence-electron chi connectivity index (χ4n) is 1.95. The molecule has 0 atom stereocenters. The zero-order valence-electron chi connectivity index (χ0n) is 13.3. The second-order valence-electron chi connectivity index (χ2n) is 5.02. The Morgan fingerprint density at radius 2 is 1.75 bits per heavy atom. The molecule has 0 unspecified atom stereocenters. The highest BCUT2D eigenvalue weighted by atomic mass is 127. The van der Waals surface area contributed by atoms with E-state index in [1.54, 1.807) is 24.3 Å². The van der Waals surface area contributed by atoms with Gasteiger partial charge in [-0.15, -0.1) is 0 Å². The van der Waals surface area contributed by atoms with Crippen LogP contribution in [-0.2, 0) is 4.79 Å². The van der Waals surface area contributed by atoms with Crippen LogP contribution in [-0.4, -0.2) is 24.8 Å². The van der Waals surface area contributed by atoms with Crippen LogP contribution < -0.4 is 10.1 Å². The molecule has 0 saturated heterocycles. The van der Waals surface area contributed by atoms with Crippen molar-refractivity contribution in [2.75, 3.05) is 13.2 Å². The van der Waals surface area contributed by atoms with E-state index in [1.165, 1.54) is 0 Å². The van der Waals surface area contributed by atoms with Crippen LogP contribution in [0.25, 0.3) is 6.08 Å². The Kier molecular flexibility index (Phi) is 6.99. The molecule has 0 fully saturated rings. The van der Waals surface area contributed by atoms with E-state index in [0.717, 1.165) is 9.13 Å². The third-order valence-electron chi connectivity index (χ3n) is 3.18. The molecule has 0 spiro atoms. The number of ether oxygens (including phenoxy) is 1. The van der Waals surface area contributed by atoms with Gasteiger partial charge in [-0.1, -0.05) is 30.3 Å². The molecule has 4 nitrogen and oxygen atoms in total. The first kappa shape index (κ1) is 18.2. The molecule has 0 aromatic heterocycles. The van der Waals surface area contributed by atoms with Gasteiger partial charge in [0.25, 0.3) is 5.91 Å². The van der Waals surface area contributed by atoms with Crippen molar-refractivity contribution in [1.29, 1.82) is 0 Å². The predicted octanol–water partition coefficient (Wildman–Crippen LogP) is 3.70. The van der Waals surface area contributed by atoms with Crippen molar-refractivity contribution in [3.05, 3.63) is 69.3 Å². The van der Waals surface area contributed by atoms with Gasteiger partial charge in [0.05, 0.1) is 0 Å². The first-order chi connectivity index (χ1) is 11.6. The second kappa shape index (κ2) is 9.22. The maximum absolute atomic E-state index is 12.1. The summed E-state index contributed by atoms with van der Waals surface area (Å²) in [6.45, 7) is 2.44. The van der Waals surface area contributed by atoms with E-state index in [2.05, 4.69) is 27.9 Å². The van der Waals surface area contributed by atoms with Crippen LogP contribution in [0, 0.1) is 3.57 Å². The minimum Gasteiger partial charge on any atom is -0.484 e. The Labute approximate surface area is 155 Å². The zero-order valence-corrected chi connectivity index (χ0v) is 15.4. The third kappa shape index (κ3) is 5.81. The molecule has 2 aromatic rings. The molecular weight excluding hydrogens is 417 g/mol. The number of amides is 1. The molecule has 0 radical (unpaired) electrons. The van der Waals surface area contributed by atoms with Gasteiger partial charge in [-0.05, 0) is 65.4 Å². The molecule has 24 heavy (non-hydrogen) atoms. The quantitative estimate of drug-likeness (QED) is 0.410. The van der Waals surface area contributed by atoms with Crippen molar-refractivity contribution in [2.24, 2.45) is 0 Å². The number of hydrogen-bond donors (Lipinski definition) is 1. The Bertz CT molecular complexity index is 721. The van der Waals surface area contributed by atoms with E-state index in [-0.39, 0.29) is 18.3 Å². The van der Waals surface area contributed by atoms with Crippen LogP contribution in [0.3, 0.4) is 0 Å². The van der Waals surface area contributed by atoms with E-state index in [0.29, 0.717) is 17.9 Å². The zero-order chi connectivity index (χ0) is 17.4. The molecule has 0 aliphatic rings. The smallest absolute Gasteiger partial charge is 0.257 e. The summed E-state index contributed by atoms with van der Waals surface area (Å²) in [5.41, 5.74) is 1.55. The summed E-state index contributed by atoms with van der Waals surface area (Å²) in [7, 11) is 0. The first-order valence-electron chi connectivity index (χ1n) is 7.56. The number of carbonyl (C=O) groups is 2. The summed E-state index contributed by atoms with van der Waals surface area (Å²) in [5, 5.41) is 2.67. The number of benzene rings is 2. The van der Waals surface area contributed by atoms with Crippen LogP contribution in [0.1, 0.15) is 22.8 Å². The van der Waals surface area contributed by atoms with Gasteiger partial charge < -0.3 is 10.1 Å². The third-order valence-corrected chi connectivity index (χ3v) is 3.90. The topological polar surface area (TPSA) is 55.4 Å². The molecule has 0 aliphatic carbocycles. The van der Waals surface area contributed by atoms with E-state index in [9.17, 15) is 9.59 Å². The van der Waals surface area contributed by atoms with Gasteiger partial charge in [0.2, 0.25) is 0 Å². The Balaban J connectivity index is 1.92. The summed E-state index contributed by atoms with van der Waals surface area (Å²) in [4.78, 5) is 23.4. The average molecular weight is 435 g/mol. The summed E-state index contributed by atoms with van der Waals surface area (Å²) in [6, 6.07) is 14.7. The lowest BCUT2D eigenvalue weighted by molar-refractivity contribution is -0.122. The van der Waals surface area contributed by atoms with Crippen molar-refractivity contribution in [1.82, 2.24) is 5.32 Å². The van der Waals surface area contributed by atoms with E-state index in [4.69, 9.17) is 4.74 Å². The van der Waals surface area contributed by atoms with Gasteiger partial charge in [0.15, 0.2) is 12.4 Å². The summed E-state index contributed by atoms with van der Waals surface area (Å²) < 4.78 is 6.47. The molecule has 2 aromatic carbocycles. The minimum absolute atomic E-state index is 0.00564. The number of rotatable bonds is 7. The molecule has 0 heterocycles.